The SMILES string of the molecule is CC(=O)C[C](=O)[Ti]([O]C(C)C)[O]C(C)C. The second-order valence-corrected chi connectivity index (χ2v) is 6.43. The van der Waals surface area contributed by atoms with E-state index in [2.05, 4.69) is 0 Å². The molecule has 0 bridgehead atoms. The second kappa shape index (κ2) is 7.28. The molecule has 0 aromatic heterocycles. The van der Waals surface area contributed by atoms with E-state index in [1.165, 1.54) is 6.92 Å². The van der Waals surface area contributed by atoms with Crippen LogP contribution in [0, 0.1) is 0 Å². The molecule has 0 heterocycles. The topological polar surface area (TPSA) is 52.6 Å². The van der Waals surface area contributed by atoms with E-state index < -0.39 is 18.6 Å². The van der Waals surface area contributed by atoms with Gasteiger partial charge in [-0.25, -0.2) is 0 Å². The van der Waals surface area contributed by atoms with Crippen LogP contribution in [0.15, 0.2) is 0 Å². The second-order valence-electron chi connectivity index (χ2n) is 3.92. The number of hydrogen-bond donors (Lipinski definition) is 0. The zero-order valence-corrected chi connectivity index (χ0v) is 11.6. The number of Topliss-reactive ketones (excluding diaryl/α,β-unsaturated/α-hetero) is 1. The molecule has 0 unspecified atom stereocenters. The zero-order valence-electron chi connectivity index (χ0n) is 9.99. The van der Waals surface area contributed by atoms with Gasteiger partial charge in [0.25, 0.3) is 0 Å². The summed E-state index contributed by atoms with van der Waals surface area (Å²) in [7, 11) is 0. The molecule has 0 saturated carbocycles. The predicted octanol–water partition coefficient (Wildman–Crippen LogP) is 1.79. The number of rotatable bonds is 7. The van der Waals surface area contributed by atoms with Crippen LogP contribution >= 0.6 is 0 Å². The van der Waals surface area contributed by atoms with E-state index in [0.29, 0.717) is 0 Å². The molecular weight excluding hydrogens is 232 g/mol. The number of carbonyl (C=O) groups is 2. The molecule has 0 aliphatic heterocycles. The van der Waals surface area contributed by atoms with Gasteiger partial charge in [0.05, 0.1) is 0 Å². The minimum atomic E-state index is -2.65. The molecule has 4 nitrogen and oxygen atoms in total. The Balaban J connectivity index is 4.33. The van der Waals surface area contributed by atoms with Crippen molar-refractivity contribution in [1.82, 2.24) is 0 Å². The van der Waals surface area contributed by atoms with Gasteiger partial charge in [0.15, 0.2) is 0 Å². The molecule has 15 heavy (non-hydrogen) atoms. The molecule has 0 aromatic rings. The van der Waals surface area contributed by atoms with Crippen LogP contribution in [0.2, 0.25) is 0 Å². The van der Waals surface area contributed by atoms with Crippen molar-refractivity contribution in [3.63, 3.8) is 0 Å². The molecule has 5 heteroatoms. The first-order valence-corrected chi connectivity index (χ1v) is 7.11. The Morgan fingerprint density at radius 3 is 1.73 bits per heavy atom. The van der Waals surface area contributed by atoms with Crippen molar-refractivity contribution in [3.8, 4) is 0 Å². The van der Waals surface area contributed by atoms with Gasteiger partial charge < -0.3 is 0 Å². The Morgan fingerprint density at radius 2 is 1.47 bits per heavy atom. The van der Waals surface area contributed by atoms with Crippen molar-refractivity contribution in [2.75, 3.05) is 0 Å². The molecular formula is C10H19O4Ti. The Kier molecular flexibility index (Phi) is 7.27. The Bertz CT molecular complexity index is 215. The standard InChI is InChI=1S/C4H5O2.2C3H7O.Ti/c1-4(6)2-3-5;2*1-3(2)4;/h2H2,1H3;2*3H,1-2H3;/q;2*-1;+2. The van der Waals surface area contributed by atoms with Gasteiger partial charge in [-0.3, -0.25) is 0 Å². The van der Waals surface area contributed by atoms with Gasteiger partial charge in [-0.1, -0.05) is 0 Å². The van der Waals surface area contributed by atoms with Gasteiger partial charge in [0, 0.05) is 0 Å². The summed E-state index contributed by atoms with van der Waals surface area (Å²) >= 11 is -2.65. The summed E-state index contributed by atoms with van der Waals surface area (Å²) in [6.45, 7) is 8.84. The van der Waals surface area contributed by atoms with E-state index in [1.54, 1.807) is 0 Å². The number of hydrogen-bond acceptors (Lipinski definition) is 4. The van der Waals surface area contributed by atoms with Crippen LogP contribution in [-0.4, -0.2) is 22.1 Å². The molecule has 0 aliphatic rings. The van der Waals surface area contributed by atoms with Gasteiger partial charge in [-0.2, -0.15) is 0 Å². The summed E-state index contributed by atoms with van der Waals surface area (Å²) in [5.41, 5.74) is 0. The van der Waals surface area contributed by atoms with E-state index >= 15 is 0 Å². The third-order valence-electron chi connectivity index (χ3n) is 1.32. The minimum absolute atomic E-state index is 0.0327. The van der Waals surface area contributed by atoms with Gasteiger partial charge in [0.1, 0.15) is 0 Å². The first kappa shape index (κ1) is 15.0. The van der Waals surface area contributed by atoms with Crippen LogP contribution in [0.3, 0.4) is 0 Å². The molecule has 0 N–H and O–H groups in total. The van der Waals surface area contributed by atoms with Gasteiger partial charge in [0.2, 0.25) is 0 Å². The Labute approximate surface area is 98.1 Å². The Hall–Kier alpha value is -0.0257. The molecule has 0 aliphatic carbocycles. The van der Waals surface area contributed by atoms with Crippen LogP contribution in [-0.2, 0) is 34.9 Å². The van der Waals surface area contributed by atoms with E-state index in [9.17, 15) is 9.59 Å². The van der Waals surface area contributed by atoms with E-state index in [0.717, 1.165) is 0 Å². The monoisotopic (exact) mass is 251 g/mol. The van der Waals surface area contributed by atoms with Crippen molar-refractivity contribution in [2.45, 2.75) is 53.2 Å². The fourth-order valence-electron chi connectivity index (χ4n) is 0.886. The maximum absolute atomic E-state index is 11.6. The summed E-state index contributed by atoms with van der Waals surface area (Å²) in [5.74, 6) is -0.135. The Morgan fingerprint density at radius 1 is 1.07 bits per heavy atom. The quantitative estimate of drug-likeness (QED) is 0.511. The van der Waals surface area contributed by atoms with E-state index in [-0.39, 0.29) is 28.5 Å². The number of ketones is 1. The van der Waals surface area contributed by atoms with Crippen LogP contribution in [0.25, 0.3) is 0 Å². The summed E-state index contributed by atoms with van der Waals surface area (Å²) in [4.78, 5) is 22.5. The zero-order chi connectivity index (χ0) is 12.0. The number of carbonyl (C=O) groups excluding carboxylic acids is 2. The van der Waals surface area contributed by atoms with Crippen LogP contribution < -0.4 is 0 Å². The molecule has 0 atom stereocenters. The molecule has 0 radical (unpaired) electrons. The van der Waals surface area contributed by atoms with Gasteiger partial charge in [-0.15, -0.1) is 0 Å². The third-order valence-corrected chi connectivity index (χ3v) is 4.45. The van der Waals surface area contributed by atoms with Crippen molar-refractivity contribution in [2.24, 2.45) is 0 Å². The molecule has 0 fully saturated rings. The van der Waals surface area contributed by atoms with E-state index in [4.69, 9.17) is 6.64 Å². The first-order valence-electron chi connectivity index (χ1n) is 5.05. The van der Waals surface area contributed by atoms with Crippen molar-refractivity contribution in [3.05, 3.63) is 0 Å². The van der Waals surface area contributed by atoms with Crippen LogP contribution in [0.5, 0.6) is 0 Å². The first-order chi connectivity index (χ1) is 6.82. The summed E-state index contributed by atoms with van der Waals surface area (Å²) < 4.78 is 10.8. The molecule has 0 spiro atoms. The fourth-order valence-corrected chi connectivity index (χ4v) is 3.33. The predicted molar refractivity (Wildman–Crippen MR) is 52.7 cm³/mol. The molecule has 0 aromatic carbocycles. The fraction of sp³-hybridized carbons (Fsp3) is 0.800. The third kappa shape index (κ3) is 7.85. The average Bonchev–Trinajstić information content (AvgIpc) is 1.99. The van der Waals surface area contributed by atoms with Crippen molar-refractivity contribution >= 4 is 9.87 Å². The average molecular weight is 251 g/mol. The van der Waals surface area contributed by atoms with Crippen LogP contribution in [0.4, 0.5) is 0 Å². The summed E-state index contributed by atoms with van der Waals surface area (Å²) in [6.07, 6.45) is -0.126. The molecule has 0 saturated heterocycles. The van der Waals surface area contributed by atoms with Crippen LogP contribution in [0.1, 0.15) is 41.0 Å². The van der Waals surface area contributed by atoms with Gasteiger partial charge in [-0.05, 0) is 0 Å². The van der Waals surface area contributed by atoms with Crippen molar-refractivity contribution in [1.29, 1.82) is 0 Å². The summed E-state index contributed by atoms with van der Waals surface area (Å²) in [5, 5.41) is 0. The molecule has 0 rings (SSSR count). The van der Waals surface area contributed by atoms with Gasteiger partial charge >= 0.3 is 98.0 Å². The van der Waals surface area contributed by atoms with Crippen molar-refractivity contribution < 1.29 is 34.9 Å². The molecule has 87 valence electrons. The maximum atomic E-state index is 11.6. The normalized spacial score (nSPS) is 10.9. The summed E-state index contributed by atoms with van der Waals surface area (Å²) in [6, 6.07) is 0. The molecule has 0 amide bonds. The van der Waals surface area contributed by atoms with E-state index in [1.807, 2.05) is 27.7 Å².